The normalized spacial score (nSPS) is 15.2. The molecule has 1 amide bonds. The van der Waals surface area contributed by atoms with Crippen molar-refractivity contribution in [2.24, 2.45) is 5.10 Å². The zero-order valence-electron chi connectivity index (χ0n) is 13.5. The van der Waals surface area contributed by atoms with Gasteiger partial charge in [0.15, 0.2) is 5.11 Å². The first-order valence-electron chi connectivity index (χ1n) is 7.71. The highest BCUT2D eigenvalue weighted by atomic mass is 32.1. The van der Waals surface area contributed by atoms with Gasteiger partial charge in [0.2, 0.25) is 0 Å². The Kier molecular flexibility index (Phi) is 6.89. The van der Waals surface area contributed by atoms with Crippen LogP contribution in [-0.2, 0) is 4.74 Å². The molecule has 0 bridgehead atoms. The smallest absolute Gasteiger partial charge is 0.409 e. The van der Waals surface area contributed by atoms with Gasteiger partial charge < -0.3 is 19.6 Å². The second kappa shape index (κ2) is 9.14. The predicted molar refractivity (Wildman–Crippen MR) is 93.8 cm³/mol. The summed E-state index contributed by atoms with van der Waals surface area (Å²) in [5.74, 6) is 0. The topological polar surface area (TPSA) is 90.3 Å². The van der Waals surface area contributed by atoms with E-state index in [1.165, 1.54) is 0 Å². The molecule has 0 radical (unpaired) electrons. The molecule has 1 aliphatic rings. The van der Waals surface area contributed by atoms with Crippen molar-refractivity contribution in [3.05, 3.63) is 30.1 Å². The van der Waals surface area contributed by atoms with Crippen LogP contribution in [0.4, 0.5) is 4.79 Å². The van der Waals surface area contributed by atoms with Crippen molar-refractivity contribution in [2.45, 2.75) is 6.92 Å². The van der Waals surface area contributed by atoms with Crippen molar-refractivity contribution in [2.75, 3.05) is 39.4 Å². The number of nitrogens with zero attached hydrogens (tertiary/aromatic N) is 4. The number of thiocarbonyl (C=S) groups is 1. The molecule has 2 rings (SSSR count). The van der Waals surface area contributed by atoms with E-state index in [4.69, 9.17) is 17.0 Å². The summed E-state index contributed by atoms with van der Waals surface area (Å²) in [5.41, 5.74) is 3.77. The number of pyridine rings is 1. The van der Waals surface area contributed by atoms with E-state index in [0.29, 0.717) is 49.3 Å². The lowest BCUT2D eigenvalue weighted by molar-refractivity contribution is 0.0919. The van der Waals surface area contributed by atoms with E-state index in [-0.39, 0.29) is 12.7 Å². The molecule has 0 aromatic carbocycles. The summed E-state index contributed by atoms with van der Waals surface area (Å²) in [6.45, 7) is 4.17. The van der Waals surface area contributed by atoms with Crippen LogP contribution < -0.4 is 5.43 Å². The first-order chi connectivity index (χ1) is 11.7. The second-order valence-corrected chi connectivity index (χ2v) is 5.41. The number of aliphatic hydroxyl groups excluding tert-OH is 1. The Morgan fingerprint density at radius 2 is 2.08 bits per heavy atom. The lowest BCUT2D eigenvalue weighted by atomic mass is 10.2. The highest BCUT2D eigenvalue weighted by Gasteiger charge is 2.23. The Morgan fingerprint density at radius 1 is 1.38 bits per heavy atom. The van der Waals surface area contributed by atoms with Gasteiger partial charge in [0.25, 0.3) is 0 Å². The molecular weight excluding hydrogens is 330 g/mol. The van der Waals surface area contributed by atoms with Crippen LogP contribution in [0.5, 0.6) is 0 Å². The molecule has 24 heavy (non-hydrogen) atoms. The van der Waals surface area contributed by atoms with E-state index in [1.807, 2.05) is 11.0 Å². The maximum atomic E-state index is 11.7. The quantitative estimate of drug-likeness (QED) is 0.462. The number of hydrogen-bond acceptors (Lipinski definition) is 6. The third-order valence-electron chi connectivity index (χ3n) is 3.49. The number of hydrazone groups is 1. The van der Waals surface area contributed by atoms with Gasteiger partial charge in [-0.15, -0.1) is 0 Å². The molecule has 9 heteroatoms. The van der Waals surface area contributed by atoms with Crippen molar-refractivity contribution in [3.63, 3.8) is 0 Å². The zero-order valence-corrected chi connectivity index (χ0v) is 14.3. The second-order valence-electron chi connectivity index (χ2n) is 5.02. The molecule has 2 heterocycles. The van der Waals surface area contributed by atoms with Crippen LogP contribution >= 0.6 is 12.2 Å². The maximum Gasteiger partial charge on any atom is 0.409 e. The number of amides is 1. The summed E-state index contributed by atoms with van der Waals surface area (Å²) in [6, 6.07) is 5.37. The molecule has 0 atom stereocenters. The molecule has 130 valence electrons. The summed E-state index contributed by atoms with van der Waals surface area (Å²) in [4.78, 5) is 19.4. The fourth-order valence-electron chi connectivity index (χ4n) is 2.20. The van der Waals surface area contributed by atoms with E-state index in [2.05, 4.69) is 15.5 Å². The van der Waals surface area contributed by atoms with Gasteiger partial charge >= 0.3 is 6.09 Å². The number of aliphatic hydroxyl groups is 1. The highest BCUT2D eigenvalue weighted by molar-refractivity contribution is 7.80. The van der Waals surface area contributed by atoms with Crippen molar-refractivity contribution in [1.82, 2.24) is 20.2 Å². The SMILES string of the molecule is CCOC(=O)N1CCN(C(=S)N/N=C(\CO)c2ccccn2)CC1. The first kappa shape index (κ1) is 18.1. The standard InChI is InChI=1S/C15H21N5O3S/c1-2-23-15(22)20-9-7-19(8-10-20)14(24)18-17-13(11-21)12-5-3-4-6-16-12/h3-6,21H,2,7-11H2,1H3,(H,18,24)/b17-13+. The Hall–Kier alpha value is -2.26. The molecule has 1 aromatic heterocycles. The van der Waals surface area contributed by atoms with Crippen LogP contribution in [0.25, 0.3) is 0 Å². The van der Waals surface area contributed by atoms with Gasteiger partial charge in [-0.05, 0) is 31.3 Å². The van der Waals surface area contributed by atoms with Gasteiger partial charge in [-0.1, -0.05) is 6.07 Å². The van der Waals surface area contributed by atoms with Gasteiger partial charge in [0, 0.05) is 32.4 Å². The predicted octanol–water partition coefficient (Wildman–Crippen LogP) is 0.427. The molecule has 2 N–H and O–H groups in total. The van der Waals surface area contributed by atoms with Gasteiger partial charge in [-0.3, -0.25) is 10.4 Å². The molecule has 0 saturated carbocycles. The van der Waals surface area contributed by atoms with E-state index < -0.39 is 0 Å². The van der Waals surface area contributed by atoms with E-state index >= 15 is 0 Å². The van der Waals surface area contributed by atoms with Crippen molar-refractivity contribution < 1.29 is 14.6 Å². The van der Waals surface area contributed by atoms with Crippen molar-refractivity contribution in [3.8, 4) is 0 Å². The van der Waals surface area contributed by atoms with Crippen molar-refractivity contribution in [1.29, 1.82) is 0 Å². The minimum Gasteiger partial charge on any atom is -0.450 e. The first-order valence-corrected chi connectivity index (χ1v) is 8.12. The summed E-state index contributed by atoms with van der Waals surface area (Å²) in [5, 5.41) is 14.0. The fraction of sp³-hybridized carbons (Fsp3) is 0.467. The average Bonchev–Trinajstić information content (AvgIpc) is 2.63. The molecule has 1 aromatic rings. The van der Waals surface area contributed by atoms with Crippen molar-refractivity contribution >= 4 is 29.1 Å². The Balaban J connectivity index is 1.87. The van der Waals surface area contributed by atoms with Gasteiger partial charge in [-0.2, -0.15) is 5.10 Å². The van der Waals surface area contributed by atoms with Crippen LogP contribution in [-0.4, -0.2) is 76.2 Å². The number of aromatic nitrogens is 1. The number of piperazine rings is 1. The molecule has 1 fully saturated rings. The van der Waals surface area contributed by atoms with Crippen LogP contribution in [0, 0.1) is 0 Å². The lowest BCUT2D eigenvalue weighted by Gasteiger charge is -2.35. The summed E-state index contributed by atoms with van der Waals surface area (Å²) < 4.78 is 4.98. The maximum absolute atomic E-state index is 11.7. The van der Waals surface area contributed by atoms with E-state index in [9.17, 15) is 9.90 Å². The molecule has 0 unspecified atom stereocenters. The molecule has 1 aliphatic heterocycles. The summed E-state index contributed by atoms with van der Waals surface area (Å²) >= 11 is 5.32. The minimum atomic E-state index is -0.299. The van der Waals surface area contributed by atoms with E-state index in [1.54, 1.807) is 30.2 Å². The molecule has 0 spiro atoms. The van der Waals surface area contributed by atoms with Crippen LogP contribution in [0.3, 0.4) is 0 Å². The Bertz CT molecular complexity index is 588. The monoisotopic (exact) mass is 351 g/mol. The number of ether oxygens (including phenoxy) is 1. The zero-order chi connectivity index (χ0) is 17.4. The number of hydrogen-bond donors (Lipinski definition) is 2. The third-order valence-corrected chi connectivity index (χ3v) is 3.84. The van der Waals surface area contributed by atoms with Gasteiger partial charge in [0.05, 0.1) is 18.9 Å². The fourth-order valence-corrected chi connectivity index (χ4v) is 2.43. The minimum absolute atomic E-state index is 0.247. The number of carbonyl (C=O) groups excluding carboxylic acids is 1. The molecule has 0 aliphatic carbocycles. The van der Waals surface area contributed by atoms with E-state index in [0.717, 1.165) is 0 Å². The number of rotatable bonds is 4. The van der Waals surface area contributed by atoms with Gasteiger partial charge in [-0.25, -0.2) is 4.79 Å². The van der Waals surface area contributed by atoms with Crippen LogP contribution in [0.1, 0.15) is 12.6 Å². The van der Waals surface area contributed by atoms with Crippen LogP contribution in [0.2, 0.25) is 0 Å². The largest absolute Gasteiger partial charge is 0.450 e. The number of carbonyl (C=O) groups is 1. The van der Waals surface area contributed by atoms with Crippen LogP contribution in [0.15, 0.2) is 29.5 Å². The average molecular weight is 351 g/mol. The Morgan fingerprint density at radius 3 is 2.67 bits per heavy atom. The molecule has 1 saturated heterocycles. The highest BCUT2D eigenvalue weighted by Crippen LogP contribution is 2.04. The lowest BCUT2D eigenvalue weighted by Crippen LogP contribution is -2.52. The third kappa shape index (κ3) is 4.87. The Labute approximate surface area is 146 Å². The number of nitrogens with one attached hydrogen (secondary N) is 1. The molecule has 8 nitrogen and oxygen atoms in total. The summed E-state index contributed by atoms with van der Waals surface area (Å²) in [7, 11) is 0. The van der Waals surface area contributed by atoms with Gasteiger partial charge in [0.1, 0.15) is 5.71 Å². The summed E-state index contributed by atoms with van der Waals surface area (Å²) in [6.07, 6.45) is 1.33. The molecular formula is C15H21N5O3S.